The fraction of sp³-hybridized carbons (Fsp3) is 0.259. The zero-order valence-electron chi connectivity index (χ0n) is 17.0. The van der Waals surface area contributed by atoms with Gasteiger partial charge in [0.15, 0.2) is 0 Å². The number of hydrogen-bond acceptors (Lipinski definition) is 1. The van der Waals surface area contributed by atoms with Crippen LogP contribution in [0, 0.1) is 6.92 Å². The highest BCUT2D eigenvalue weighted by Gasteiger charge is 2.30. The molecule has 28 heavy (non-hydrogen) atoms. The number of unbranched alkanes of at least 4 members (excludes halogenated alkanes) is 1. The molecule has 0 saturated carbocycles. The van der Waals surface area contributed by atoms with E-state index in [1.807, 2.05) is 0 Å². The van der Waals surface area contributed by atoms with Crippen molar-refractivity contribution in [2.75, 3.05) is 11.9 Å². The normalized spacial score (nSPS) is 15.7. The second kappa shape index (κ2) is 6.67. The minimum atomic E-state index is 0.484. The van der Waals surface area contributed by atoms with Gasteiger partial charge in [-0.1, -0.05) is 80.4 Å². The zero-order valence-corrected chi connectivity index (χ0v) is 17.0. The molecule has 5 rings (SSSR count). The van der Waals surface area contributed by atoms with E-state index in [1.54, 1.807) is 0 Å². The number of hydrogen-bond donors (Lipinski definition) is 0. The van der Waals surface area contributed by atoms with E-state index < -0.39 is 0 Å². The number of aryl methyl sites for hydroxylation is 1. The fourth-order valence-corrected chi connectivity index (χ4v) is 5.14. The Hall–Kier alpha value is -2.80. The molecule has 0 saturated heterocycles. The summed E-state index contributed by atoms with van der Waals surface area (Å²) in [7, 11) is 2.24. The molecule has 140 valence electrons. The van der Waals surface area contributed by atoms with E-state index in [9.17, 15) is 0 Å². The zero-order chi connectivity index (χ0) is 19.3. The lowest BCUT2D eigenvalue weighted by molar-refractivity contribution is 0.645. The van der Waals surface area contributed by atoms with Gasteiger partial charge in [-0.25, -0.2) is 0 Å². The van der Waals surface area contributed by atoms with Gasteiger partial charge in [-0.2, -0.15) is 0 Å². The fourth-order valence-electron chi connectivity index (χ4n) is 5.14. The maximum Gasteiger partial charge on any atom is 0.0529 e. The molecule has 4 aromatic carbocycles. The summed E-state index contributed by atoms with van der Waals surface area (Å²) in [6.07, 6.45) is 3.71. The molecule has 0 N–H and O–H groups in total. The number of nitrogens with zero attached hydrogens (tertiary/aromatic N) is 1. The Morgan fingerprint density at radius 3 is 2.50 bits per heavy atom. The molecule has 0 amide bonds. The van der Waals surface area contributed by atoms with Crippen LogP contribution in [0.2, 0.25) is 0 Å². The van der Waals surface area contributed by atoms with Crippen LogP contribution in [0.15, 0.2) is 66.7 Å². The Labute approximate surface area is 167 Å². The summed E-state index contributed by atoms with van der Waals surface area (Å²) >= 11 is 0. The molecule has 0 bridgehead atoms. The summed E-state index contributed by atoms with van der Waals surface area (Å²) < 4.78 is 0. The predicted molar refractivity (Wildman–Crippen MR) is 122 cm³/mol. The molecule has 1 heteroatoms. The summed E-state index contributed by atoms with van der Waals surface area (Å²) in [5, 5.41) is 5.46. The lowest BCUT2D eigenvalue weighted by Crippen LogP contribution is -2.22. The second-order valence-corrected chi connectivity index (χ2v) is 8.15. The van der Waals surface area contributed by atoms with Crippen molar-refractivity contribution < 1.29 is 0 Å². The van der Waals surface area contributed by atoms with Crippen LogP contribution in [0.1, 0.15) is 48.8 Å². The average Bonchev–Trinajstić information content (AvgIpc) is 2.73. The minimum Gasteiger partial charge on any atom is -0.344 e. The molecular formula is C27H27N. The van der Waals surface area contributed by atoms with Gasteiger partial charge in [0.1, 0.15) is 0 Å². The van der Waals surface area contributed by atoms with Crippen LogP contribution in [0.3, 0.4) is 0 Å². The molecule has 4 aromatic rings. The van der Waals surface area contributed by atoms with E-state index >= 15 is 0 Å². The SMILES string of the molecule is CCCCC1c2ccccc2N(C)c2c1ccc1c2c(C)cc2ccccc21. The Morgan fingerprint density at radius 1 is 0.857 bits per heavy atom. The van der Waals surface area contributed by atoms with Gasteiger partial charge in [0.05, 0.1) is 5.69 Å². The van der Waals surface area contributed by atoms with Crippen molar-refractivity contribution in [2.45, 2.75) is 39.0 Å². The van der Waals surface area contributed by atoms with Crippen LogP contribution < -0.4 is 4.90 Å². The highest BCUT2D eigenvalue weighted by molar-refractivity contribution is 6.14. The molecule has 1 nitrogen and oxygen atoms in total. The van der Waals surface area contributed by atoms with E-state index in [0.29, 0.717) is 5.92 Å². The summed E-state index contributed by atoms with van der Waals surface area (Å²) in [6, 6.07) is 24.9. The molecule has 1 aliphatic rings. The second-order valence-electron chi connectivity index (χ2n) is 8.15. The van der Waals surface area contributed by atoms with Crippen molar-refractivity contribution in [3.05, 3.63) is 83.4 Å². The first-order valence-electron chi connectivity index (χ1n) is 10.5. The number of fused-ring (bicyclic) bond motifs is 6. The van der Waals surface area contributed by atoms with E-state index in [2.05, 4.69) is 92.5 Å². The monoisotopic (exact) mass is 365 g/mol. The van der Waals surface area contributed by atoms with Crippen molar-refractivity contribution in [1.82, 2.24) is 0 Å². The van der Waals surface area contributed by atoms with Gasteiger partial charge in [0, 0.05) is 24.0 Å². The molecule has 1 aliphatic heterocycles. The van der Waals surface area contributed by atoms with Crippen molar-refractivity contribution in [1.29, 1.82) is 0 Å². The van der Waals surface area contributed by atoms with E-state index in [0.717, 1.165) is 0 Å². The first-order valence-corrected chi connectivity index (χ1v) is 10.5. The number of para-hydroxylation sites is 1. The quantitative estimate of drug-likeness (QED) is 0.336. The third-order valence-electron chi connectivity index (χ3n) is 6.46. The lowest BCUT2D eigenvalue weighted by atomic mass is 9.79. The smallest absolute Gasteiger partial charge is 0.0529 e. The molecule has 0 fully saturated rings. The van der Waals surface area contributed by atoms with E-state index in [4.69, 9.17) is 0 Å². The summed E-state index contributed by atoms with van der Waals surface area (Å²) in [4.78, 5) is 2.43. The Balaban J connectivity index is 1.85. The van der Waals surface area contributed by atoms with Crippen molar-refractivity contribution >= 4 is 32.9 Å². The van der Waals surface area contributed by atoms with Crippen LogP contribution in [-0.4, -0.2) is 7.05 Å². The highest BCUT2D eigenvalue weighted by atomic mass is 15.1. The largest absolute Gasteiger partial charge is 0.344 e. The van der Waals surface area contributed by atoms with Gasteiger partial charge in [0.25, 0.3) is 0 Å². The van der Waals surface area contributed by atoms with Gasteiger partial charge in [-0.05, 0) is 52.3 Å². The van der Waals surface area contributed by atoms with Gasteiger partial charge >= 0.3 is 0 Å². The van der Waals surface area contributed by atoms with E-state index in [1.165, 1.54) is 68.9 Å². The molecule has 0 spiro atoms. The topological polar surface area (TPSA) is 3.24 Å². The lowest BCUT2D eigenvalue weighted by Gasteiger charge is -2.37. The molecular weight excluding hydrogens is 338 g/mol. The van der Waals surface area contributed by atoms with Crippen molar-refractivity contribution in [3.63, 3.8) is 0 Å². The third-order valence-corrected chi connectivity index (χ3v) is 6.46. The van der Waals surface area contributed by atoms with Crippen LogP contribution in [-0.2, 0) is 0 Å². The van der Waals surface area contributed by atoms with Crippen LogP contribution >= 0.6 is 0 Å². The Morgan fingerprint density at radius 2 is 1.64 bits per heavy atom. The van der Waals surface area contributed by atoms with Gasteiger partial charge in [0.2, 0.25) is 0 Å². The summed E-state index contributed by atoms with van der Waals surface area (Å²) in [5.74, 6) is 0.484. The summed E-state index contributed by atoms with van der Waals surface area (Å²) in [5.41, 5.74) is 7.09. The van der Waals surface area contributed by atoms with Gasteiger partial charge in [-0.3, -0.25) is 0 Å². The molecule has 0 aliphatic carbocycles. The van der Waals surface area contributed by atoms with Gasteiger partial charge in [-0.15, -0.1) is 0 Å². The van der Waals surface area contributed by atoms with Crippen LogP contribution in [0.4, 0.5) is 11.4 Å². The first-order chi connectivity index (χ1) is 13.7. The minimum absolute atomic E-state index is 0.484. The Kier molecular flexibility index (Phi) is 4.12. The number of benzene rings is 4. The van der Waals surface area contributed by atoms with Crippen molar-refractivity contribution in [2.24, 2.45) is 0 Å². The van der Waals surface area contributed by atoms with Crippen LogP contribution in [0.25, 0.3) is 21.5 Å². The summed E-state index contributed by atoms with van der Waals surface area (Å²) in [6.45, 7) is 4.56. The molecule has 0 radical (unpaired) electrons. The van der Waals surface area contributed by atoms with E-state index in [-0.39, 0.29) is 0 Å². The number of anilines is 2. The molecule has 1 heterocycles. The van der Waals surface area contributed by atoms with Crippen molar-refractivity contribution in [3.8, 4) is 0 Å². The maximum atomic E-state index is 2.43. The molecule has 1 unspecified atom stereocenters. The Bertz CT molecular complexity index is 1190. The maximum absolute atomic E-state index is 2.43. The molecule has 0 aromatic heterocycles. The predicted octanol–water partition coefficient (Wildman–Crippen LogP) is 7.70. The first kappa shape index (κ1) is 17.3. The third kappa shape index (κ3) is 2.46. The van der Waals surface area contributed by atoms with Crippen LogP contribution in [0.5, 0.6) is 0 Å². The molecule has 1 atom stereocenters. The average molecular weight is 366 g/mol. The number of rotatable bonds is 3. The standard InChI is InChI=1S/C27H27N/c1-4-5-11-21-22-13-8-9-14-25(22)28(3)27-24(21)16-15-23-20-12-7-6-10-19(20)17-18(2)26(23)27/h6-10,12-17,21H,4-5,11H2,1-3H3. The van der Waals surface area contributed by atoms with Gasteiger partial charge < -0.3 is 4.90 Å². The highest BCUT2D eigenvalue weighted by Crippen LogP contribution is 2.50.